The second kappa shape index (κ2) is 4.59. The first-order chi connectivity index (χ1) is 8.34. The molecule has 1 aromatic carbocycles. The van der Waals surface area contributed by atoms with Gasteiger partial charge in [0.15, 0.2) is 0 Å². The molecule has 1 aliphatic heterocycles. The van der Waals surface area contributed by atoms with Crippen LogP contribution in [-0.2, 0) is 9.53 Å². The van der Waals surface area contributed by atoms with Gasteiger partial charge in [-0.1, -0.05) is 30.3 Å². The summed E-state index contributed by atoms with van der Waals surface area (Å²) >= 11 is 0. The van der Waals surface area contributed by atoms with Crippen LogP contribution in [0, 0.1) is 0 Å². The van der Waals surface area contributed by atoms with Crippen LogP contribution in [0.25, 0.3) is 0 Å². The Kier molecular flexibility index (Phi) is 2.95. The molecule has 0 aromatic heterocycles. The van der Waals surface area contributed by atoms with Crippen LogP contribution in [0.2, 0.25) is 0 Å². The van der Waals surface area contributed by atoms with E-state index in [1.807, 2.05) is 6.07 Å². The zero-order valence-corrected chi connectivity index (χ0v) is 9.84. The highest BCUT2D eigenvalue weighted by Gasteiger charge is 2.37. The molecule has 3 rings (SSSR count). The molecule has 1 atom stereocenters. The summed E-state index contributed by atoms with van der Waals surface area (Å²) in [6.07, 6.45) is 1.45. The van der Waals surface area contributed by atoms with Gasteiger partial charge in [-0.05, 0) is 5.56 Å². The maximum absolute atomic E-state index is 11.1. The van der Waals surface area contributed by atoms with Crippen LogP contribution in [0.4, 0.5) is 0 Å². The Labute approximate surface area is 101 Å². The van der Waals surface area contributed by atoms with Gasteiger partial charge in [-0.25, -0.2) is 0 Å². The molecule has 3 heteroatoms. The first kappa shape index (κ1) is 10.9. The summed E-state index contributed by atoms with van der Waals surface area (Å²) in [5, 5.41) is 0. The van der Waals surface area contributed by atoms with Crippen molar-refractivity contribution in [2.24, 2.45) is 0 Å². The van der Waals surface area contributed by atoms with Crippen molar-refractivity contribution in [3.8, 4) is 0 Å². The van der Waals surface area contributed by atoms with Crippen LogP contribution in [-0.4, -0.2) is 36.5 Å². The molecule has 0 unspecified atom stereocenters. The Hall–Kier alpha value is -1.19. The van der Waals surface area contributed by atoms with Crippen LogP contribution in [0.15, 0.2) is 30.3 Å². The highest BCUT2D eigenvalue weighted by molar-refractivity contribution is 5.85. The third kappa shape index (κ3) is 2.13. The molecule has 0 bridgehead atoms. The lowest BCUT2D eigenvalue weighted by atomic mass is 9.87. The van der Waals surface area contributed by atoms with Crippen LogP contribution < -0.4 is 0 Å². The first-order valence-corrected chi connectivity index (χ1v) is 6.25. The normalized spacial score (nSPS) is 26.8. The SMILES string of the molecule is O=C1CC(N2CCOC[C@H]2c2ccccc2)C1. The van der Waals surface area contributed by atoms with E-state index in [-0.39, 0.29) is 0 Å². The Morgan fingerprint density at radius 3 is 2.65 bits per heavy atom. The molecule has 0 N–H and O–H groups in total. The largest absolute Gasteiger partial charge is 0.378 e. The molecule has 3 nitrogen and oxygen atoms in total. The Morgan fingerprint density at radius 1 is 1.18 bits per heavy atom. The molecule has 17 heavy (non-hydrogen) atoms. The second-order valence-corrected chi connectivity index (χ2v) is 4.84. The van der Waals surface area contributed by atoms with Crippen molar-refractivity contribution in [3.05, 3.63) is 35.9 Å². The number of hydrogen-bond acceptors (Lipinski definition) is 3. The van der Waals surface area contributed by atoms with E-state index in [2.05, 4.69) is 29.2 Å². The van der Waals surface area contributed by atoms with Gasteiger partial charge in [0.2, 0.25) is 0 Å². The van der Waals surface area contributed by atoms with Crippen molar-refractivity contribution in [1.29, 1.82) is 0 Å². The number of ether oxygens (including phenoxy) is 1. The minimum Gasteiger partial charge on any atom is -0.378 e. The van der Waals surface area contributed by atoms with Gasteiger partial charge >= 0.3 is 0 Å². The van der Waals surface area contributed by atoms with Gasteiger partial charge in [-0.3, -0.25) is 9.69 Å². The molecular weight excluding hydrogens is 214 g/mol. The average molecular weight is 231 g/mol. The molecule has 2 aliphatic rings. The van der Waals surface area contributed by atoms with Crippen molar-refractivity contribution >= 4 is 5.78 Å². The van der Waals surface area contributed by atoms with E-state index < -0.39 is 0 Å². The lowest BCUT2D eigenvalue weighted by Crippen LogP contribution is -2.51. The van der Waals surface area contributed by atoms with Crippen molar-refractivity contribution < 1.29 is 9.53 Å². The fraction of sp³-hybridized carbons (Fsp3) is 0.500. The Bertz CT molecular complexity index is 396. The van der Waals surface area contributed by atoms with Crippen molar-refractivity contribution in [2.75, 3.05) is 19.8 Å². The van der Waals surface area contributed by atoms with E-state index in [1.165, 1.54) is 5.56 Å². The molecule has 1 saturated heterocycles. The third-order valence-electron chi connectivity index (χ3n) is 3.75. The molecular formula is C14H17NO2. The topological polar surface area (TPSA) is 29.5 Å². The standard InChI is InChI=1S/C14H17NO2/c16-13-8-12(9-13)15-6-7-17-10-14(15)11-4-2-1-3-5-11/h1-5,12,14H,6-10H2/t14-/m0/s1. The number of nitrogens with zero attached hydrogens (tertiary/aromatic N) is 1. The molecule has 0 spiro atoms. The highest BCUT2D eigenvalue weighted by atomic mass is 16.5. The average Bonchev–Trinajstić information content (AvgIpc) is 2.36. The molecule has 0 radical (unpaired) electrons. The molecule has 90 valence electrons. The third-order valence-corrected chi connectivity index (χ3v) is 3.75. The van der Waals surface area contributed by atoms with Gasteiger partial charge in [-0.15, -0.1) is 0 Å². The molecule has 1 aromatic rings. The van der Waals surface area contributed by atoms with Gasteiger partial charge < -0.3 is 4.74 Å². The van der Waals surface area contributed by atoms with Crippen molar-refractivity contribution in [2.45, 2.75) is 24.9 Å². The smallest absolute Gasteiger partial charge is 0.136 e. The van der Waals surface area contributed by atoms with E-state index in [9.17, 15) is 4.79 Å². The fourth-order valence-corrected chi connectivity index (χ4v) is 2.72. The van der Waals surface area contributed by atoms with E-state index in [1.54, 1.807) is 0 Å². The number of rotatable bonds is 2. The van der Waals surface area contributed by atoms with Crippen LogP contribution >= 0.6 is 0 Å². The van der Waals surface area contributed by atoms with Crippen LogP contribution in [0.5, 0.6) is 0 Å². The maximum atomic E-state index is 11.1. The van der Waals surface area contributed by atoms with E-state index >= 15 is 0 Å². The van der Waals surface area contributed by atoms with Gasteiger partial charge in [0.25, 0.3) is 0 Å². The van der Waals surface area contributed by atoms with Crippen molar-refractivity contribution in [1.82, 2.24) is 4.90 Å². The van der Waals surface area contributed by atoms with Gasteiger partial charge in [0.05, 0.1) is 19.3 Å². The fourth-order valence-electron chi connectivity index (χ4n) is 2.72. The maximum Gasteiger partial charge on any atom is 0.136 e. The number of hydrogen-bond donors (Lipinski definition) is 0. The van der Waals surface area contributed by atoms with E-state index in [0.717, 1.165) is 32.6 Å². The lowest BCUT2D eigenvalue weighted by molar-refractivity contribution is -0.132. The van der Waals surface area contributed by atoms with E-state index in [0.29, 0.717) is 17.9 Å². The first-order valence-electron chi connectivity index (χ1n) is 6.25. The molecule has 1 saturated carbocycles. The number of carbonyl (C=O) groups is 1. The zero-order valence-electron chi connectivity index (χ0n) is 9.84. The summed E-state index contributed by atoms with van der Waals surface area (Å²) in [5.41, 5.74) is 1.30. The summed E-state index contributed by atoms with van der Waals surface area (Å²) in [6, 6.07) is 11.2. The Morgan fingerprint density at radius 2 is 1.94 bits per heavy atom. The summed E-state index contributed by atoms with van der Waals surface area (Å²) < 4.78 is 5.59. The van der Waals surface area contributed by atoms with E-state index in [4.69, 9.17) is 4.74 Å². The quantitative estimate of drug-likeness (QED) is 0.777. The number of Topliss-reactive ketones (excluding diaryl/α,β-unsaturated/α-hetero) is 1. The predicted molar refractivity (Wildman–Crippen MR) is 64.7 cm³/mol. The molecule has 1 aliphatic carbocycles. The molecule has 1 heterocycles. The lowest BCUT2D eigenvalue weighted by Gasteiger charge is -2.44. The zero-order chi connectivity index (χ0) is 11.7. The molecule has 0 amide bonds. The summed E-state index contributed by atoms with van der Waals surface area (Å²) in [4.78, 5) is 13.6. The summed E-state index contributed by atoms with van der Waals surface area (Å²) in [5.74, 6) is 0.397. The monoisotopic (exact) mass is 231 g/mol. The summed E-state index contributed by atoms with van der Waals surface area (Å²) in [6.45, 7) is 2.47. The minimum atomic E-state index is 0.322. The van der Waals surface area contributed by atoms with Crippen LogP contribution in [0.3, 0.4) is 0 Å². The number of ketones is 1. The number of morpholine rings is 1. The summed E-state index contributed by atoms with van der Waals surface area (Å²) in [7, 11) is 0. The van der Waals surface area contributed by atoms with Crippen LogP contribution in [0.1, 0.15) is 24.4 Å². The number of carbonyl (C=O) groups excluding carboxylic acids is 1. The molecule has 2 fully saturated rings. The Balaban J connectivity index is 1.78. The predicted octanol–water partition coefficient (Wildman–Crippen LogP) is 1.79. The van der Waals surface area contributed by atoms with Gasteiger partial charge in [-0.2, -0.15) is 0 Å². The minimum absolute atomic E-state index is 0.322. The number of benzene rings is 1. The van der Waals surface area contributed by atoms with Crippen molar-refractivity contribution in [3.63, 3.8) is 0 Å². The second-order valence-electron chi connectivity index (χ2n) is 4.84. The van der Waals surface area contributed by atoms with Gasteiger partial charge in [0, 0.05) is 25.4 Å². The van der Waals surface area contributed by atoms with Gasteiger partial charge in [0.1, 0.15) is 5.78 Å². The highest BCUT2D eigenvalue weighted by Crippen LogP contribution is 2.32.